The third kappa shape index (κ3) is 5.18. The van der Waals surface area contributed by atoms with Crippen LogP contribution in [-0.4, -0.2) is 17.9 Å². The van der Waals surface area contributed by atoms with Crippen LogP contribution in [0.5, 0.6) is 0 Å². The molecule has 0 aromatic heterocycles. The number of carbonyl (C=O) groups is 2. The van der Waals surface area contributed by atoms with E-state index >= 15 is 0 Å². The van der Waals surface area contributed by atoms with Gasteiger partial charge in [0.25, 0.3) is 5.91 Å². The van der Waals surface area contributed by atoms with Gasteiger partial charge in [-0.15, -0.1) is 0 Å². The highest BCUT2D eigenvalue weighted by molar-refractivity contribution is 6.01. The smallest absolute Gasteiger partial charge is 0.251 e. The number of hydrogen-bond acceptors (Lipinski definition) is 3. The number of nitrogens with one attached hydrogen (secondary N) is 2. The van der Waals surface area contributed by atoms with E-state index in [1.165, 1.54) is 0 Å². The maximum absolute atomic E-state index is 12.6. The van der Waals surface area contributed by atoms with Crippen molar-refractivity contribution >= 4 is 17.5 Å². The first-order valence-electron chi connectivity index (χ1n) is 8.14. The van der Waals surface area contributed by atoms with E-state index in [0.29, 0.717) is 17.7 Å². The van der Waals surface area contributed by atoms with Gasteiger partial charge in [0.15, 0.2) is 0 Å². The molecule has 0 radical (unpaired) electrons. The Morgan fingerprint density at radius 3 is 2.24 bits per heavy atom. The lowest BCUT2D eigenvalue weighted by Gasteiger charge is -2.22. The van der Waals surface area contributed by atoms with Crippen molar-refractivity contribution in [2.75, 3.05) is 5.32 Å². The van der Waals surface area contributed by atoms with Crippen molar-refractivity contribution in [1.82, 2.24) is 5.32 Å². The second kappa shape index (κ2) is 8.65. The Balaban J connectivity index is 2.05. The average molecular weight is 335 g/mol. The standard InChI is InChI=1S/C20H21N3O2/c1-14(2)18(23-19(24)16-6-4-3-5-7-16)20(25)22-17-10-8-15(9-11-17)12-13-21/h3-11,14,18H,12H2,1-2H3,(H,22,25)(H,23,24). The summed E-state index contributed by atoms with van der Waals surface area (Å²) in [4.78, 5) is 24.9. The summed E-state index contributed by atoms with van der Waals surface area (Å²) in [7, 11) is 0. The summed E-state index contributed by atoms with van der Waals surface area (Å²) in [6.07, 6.45) is 0.329. The molecule has 0 fully saturated rings. The molecule has 0 bridgehead atoms. The lowest BCUT2D eigenvalue weighted by atomic mass is 10.0. The Bertz CT molecular complexity index is 762. The molecule has 0 saturated carbocycles. The number of anilines is 1. The molecule has 5 nitrogen and oxygen atoms in total. The van der Waals surface area contributed by atoms with Crippen molar-refractivity contribution in [1.29, 1.82) is 5.26 Å². The zero-order valence-electron chi connectivity index (χ0n) is 14.3. The minimum absolute atomic E-state index is 0.0643. The molecule has 0 aliphatic rings. The molecule has 2 aromatic carbocycles. The number of amides is 2. The predicted molar refractivity (Wildman–Crippen MR) is 96.9 cm³/mol. The molecule has 128 valence electrons. The Hall–Kier alpha value is -3.13. The first-order valence-corrected chi connectivity index (χ1v) is 8.14. The summed E-state index contributed by atoms with van der Waals surface area (Å²) < 4.78 is 0. The van der Waals surface area contributed by atoms with E-state index in [1.54, 1.807) is 48.5 Å². The number of hydrogen-bond donors (Lipinski definition) is 2. The molecular formula is C20H21N3O2. The SMILES string of the molecule is CC(C)C(NC(=O)c1ccccc1)C(=O)Nc1ccc(CC#N)cc1. The van der Waals surface area contributed by atoms with Crippen molar-refractivity contribution < 1.29 is 9.59 Å². The molecule has 0 aliphatic heterocycles. The van der Waals surface area contributed by atoms with Crippen molar-refractivity contribution in [2.24, 2.45) is 5.92 Å². The molecule has 2 aromatic rings. The summed E-state index contributed by atoms with van der Waals surface area (Å²) >= 11 is 0. The summed E-state index contributed by atoms with van der Waals surface area (Å²) in [5, 5.41) is 14.3. The Kier molecular flexibility index (Phi) is 6.30. The van der Waals surface area contributed by atoms with Gasteiger partial charge in [0, 0.05) is 11.3 Å². The van der Waals surface area contributed by atoms with Crippen LogP contribution >= 0.6 is 0 Å². The van der Waals surface area contributed by atoms with Gasteiger partial charge in [-0.1, -0.05) is 44.2 Å². The fraction of sp³-hybridized carbons (Fsp3) is 0.250. The topological polar surface area (TPSA) is 82.0 Å². The van der Waals surface area contributed by atoms with Gasteiger partial charge in [0.05, 0.1) is 12.5 Å². The molecular weight excluding hydrogens is 314 g/mol. The van der Waals surface area contributed by atoms with Gasteiger partial charge >= 0.3 is 0 Å². The lowest BCUT2D eigenvalue weighted by Crippen LogP contribution is -2.47. The van der Waals surface area contributed by atoms with Crippen LogP contribution in [0.1, 0.15) is 29.8 Å². The molecule has 1 unspecified atom stereocenters. The van der Waals surface area contributed by atoms with E-state index in [9.17, 15) is 9.59 Å². The maximum atomic E-state index is 12.6. The van der Waals surface area contributed by atoms with Crippen LogP contribution in [0.25, 0.3) is 0 Å². The number of nitriles is 1. The van der Waals surface area contributed by atoms with Gasteiger partial charge < -0.3 is 10.6 Å². The Morgan fingerprint density at radius 1 is 1.04 bits per heavy atom. The number of nitrogens with zero attached hydrogens (tertiary/aromatic N) is 1. The number of rotatable bonds is 6. The minimum Gasteiger partial charge on any atom is -0.340 e. The van der Waals surface area contributed by atoms with Gasteiger partial charge in [-0.2, -0.15) is 5.26 Å². The van der Waals surface area contributed by atoms with Crippen LogP contribution < -0.4 is 10.6 Å². The minimum atomic E-state index is -0.647. The highest BCUT2D eigenvalue weighted by Gasteiger charge is 2.24. The summed E-state index contributed by atoms with van der Waals surface area (Å²) in [5.74, 6) is -0.614. The molecule has 25 heavy (non-hydrogen) atoms. The van der Waals surface area contributed by atoms with Crippen molar-refractivity contribution in [3.63, 3.8) is 0 Å². The summed E-state index contributed by atoms with van der Waals surface area (Å²) in [6, 6.07) is 17.3. The highest BCUT2D eigenvalue weighted by atomic mass is 16.2. The predicted octanol–water partition coefficient (Wildman–Crippen LogP) is 3.15. The Labute approximate surface area is 147 Å². The number of carbonyl (C=O) groups excluding carboxylic acids is 2. The fourth-order valence-corrected chi connectivity index (χ4v) is 2.37. The highest BCUT2D eigenvalue weighted by Crippen LogP contribution is 2.12. The third-order valence-electron chi connectivity index (χ3n) is 3.78. The largest absolute Gasteiger partial charge is 0.340 e. The summed E-state index contributed by atoms with van der Waals surface area (Å²) in [6.45, 7) is 3.76. The quantitative estimate of drug-likeness (QED) is 0.851. The molecule has 2 rings (SSSR count). The molecule has 0 saturated heterocycles. The third-order valence-corrected chi connectivity index (χ3v) is 3.78. The van der Waals surface area contributed by atoms with Gasteiger partial charge in [-0.05, 0) is 35.7 Å². The molecule has 2 N–H and O–H groups in total. The maximum Gasteiger partial charge on any atom is 0.251 e. The second-order valence-electron chi connectivity index (χ2n) is 6.08. The van der Waals surface area contributed by atoms with Crippen molar-refractivity contribution in [3.8, 4) is 6.07 Å². The van der Waals surface area contributed by atoms with E-state index in [1.807, 2.05) is 19.9 Å². The van der Waals surface area contributed by atoms with E-state index in [-0.39, 0.29) is 17.7 Å². The fourth-order valence-electron chi connectivity index (χ4n) is 2.37. The molecule has 0 heterocycles. The second-order valence-corrected chi connectivity index (χ2v) is 6.08. The van der Waals surface area contributed by atoms with Crippen LogP contribution in [-0.2, 0) is 11.2 Å². The first-order chi connectivity index (χ1) is 12.0. The van der Waals surface area contributed by atoms with Gasteiger partial charge in [-0.25, -0.2) is 0 Å². The van der Waals surface area contributed by atoms with Gasteiger partial charge in [-0.3, -0.25) is 9.59 Å². The van der Waals surface area contributed by atoms with Crippen molar-refractivity contribution in [2.45, 2.75) is 26.3 Å². The van der Waals surface area contributed by atoms with Crippen LogP contribution in [0.2, 0.25) is 0 Å². The number of benzene rings is 2. The van der Waals surface area contributed by atoms with Crippen molar-refractivity contribution in [3.05, 3.63) is 65.7 Å². The van der Waals surface area contributed by atoms with Crippen LogP contribution in [0.15, 0.2) is 54.6 Å². The zero-order valence-corrected chi connectivity index (χ0v) is 14.3. The average Bonchev–Trinajstić information content (AvgIpc) is 2.61. The molecule has 2 amide bonds. The van der Waals surface area contributed by atoms with Crippen LogP contribution in [0.3, 0.4) is 0 Å². The first kappa shape index (κ1) is 18.2. The zero-order chi connectivity index (χ0) is 18.2. The van der Waals surface area contributed by atoms with E-state index in [2.05, 4.69) is 16.7 Å². The van der Waals surface area contributed by atoms with Crippen LogP contribution in [0, 0.1) is 17.2 Å². The van der Waals surface area contributed by atoms with E-state index in [4.69, 9.17) is 5.26 Å². The van der Waals surface area contributed by atoms with Gasteiger partial charge in [0.2, 0.25) is 5.91 Å². The summed E-state index contributed by atoms with van der Waals surface area (Å²) in [5.41, 5.74) is 2.03. The van der Waals surface area contributed by atoms with Crippen LogP contribution in [0.4, 0.5) is 5.69 Å². The molecule has 0 spiro atoms. The van der Waals surface area contributed by atoms with Gasteiger partial charge in [0.1, 0.15) is 6.04 Å². The molecule has 5 heteroatoms. The lowest BCUT2D eigenvalue weighted by molar-refractivity contribution is -0.118. The molecule has 1 atom stereocenters. The normalized spacial score (nSPS) is 11.4. The van der Waals surface area contributed by atoms with E-state index < -0.39 is 6.04 Å². The van der Waals surface area contributed by atoms with E-state index in [0.717, 1.165) is 5.56 Å². The molecule has 0 aliphatic carbocycles. The monoisotopic (exact) mass is 335 g/mol. The Morgan fingerprint density at radius 2 is 1.68 bits per heavy atom.